The molecule has 0 spiro atoms. The third-order valence-electron chi connectivity index (χ3n) is 11.5. The Morgan fingerprint density at radius 2 is 0.810 bits per heavy atom. The summed E-state index contributed by atoms with van der Waals surface area (Å²) in [6.45, 7) is 4.34. The fourth-order valence-electron chi connectivity index (χ4n) is 8.76. The van der Waals surface area contributed by atoms with E-state index in [1.54, 1.807) is 0 Å². The number of nitrogens with zero attached hydrogens (tertiary/aromatic N) is 4. The van der Waals surface area contributed by atoms with E-state index in [2.05, 4.69) is 193 Å². The molecule has 3 heterocycles. The normalized spacial score (nSPS) is 11.6. The number of benzene rings is 8. The van der Waals surface area contributed by atoms with Crippen LogP contribution in [0.5, 0.6) is 0 Å². The summed E-state index contributed by atoms with van der Waals surface area (Å²) < 4.78 is 4.89. The van der Waals surface area contributed by atoms with Crippen LogP contribution in [0.4, 0.5) is 0 Å². The molecule has 11 aromatic rings. The van der Waals surface area contributed by atoms with E-state index in [9.17, 15) is 0 Å². The Morgan fingerprint density at radius 1 is 0.328 bits per heavy atom. The second-order valence-corrected chi connectivity index (χ2v) is 15.2. The summed E-state index contributed by atoms with van der Waals surface area (Å²) in [6.07, 6.45) is 0. The highest BCUT2D eigenvalue weighted by Gasteiger charge is 2.22. The maximum absolute atomic E-state index is 5.27. The van der Waals surface area contributed by atoms with Gasteiger partial charge in [0.05, 0.1) is 44.8 Å². The zero-order valence-electron chi connectivity index (χ0n) is 32.3. The molecule has 0 unspecified atom stereocenters. The molecule has 0 amide bonds. The fourth-order valence-corrected chi connectivity index (χ4v) is 8.76. The van der Waals surface area contributed by atoms with Crippen molar-refractivity contribution in [1.29, 1.82) is 0 Å². The fraction of sp³-hybridized carbons (Fsp3) is 0.0370. The van der Waals surface area contributed by atoms with E-state index in [4.69, 9.17) is 9.97 Å². The van der Waals surface area contributed by atoms with E-state index in [0.717, 1.165) is 61.6 Å². The monoisotopic (exact) mass is 742 g/mol. The summed E-state index contributed by atoms with van der Waals surface area (Å²) in [5.41, 5.74) is 16.4. The highest BCUT2D eigenvalue weighted by Crippen LogP contribution is 2.42. The Labute approximate surface area is 337 Å². The molecule has 8 aromatic carbocycles. The SMILES string of the molecule is Cc1ccc2c(c1)c1ccccc1n2-c1ccccc1-c1ccc(-c2cc(-c3ccccc3)nc(-c3ccccc3)n2)cc1-n1c2ccccc2c2cc(C)ccc21. The molecular formula is C54H38N4. The summed E-state index contributed by atoms with van der Waals surface area (Å²) in [4.78, 5) is 10.4. The van der Waals surface area contributed by atoms with Crippen LogP contribution in [-0.4, -0.2) is 19.1 Å². The molecule has 0 radical (unpaired) electrons. The summed E-state index contributed by atoms with van der Waals surface area (Å²) in [5, 5.41) is 4.96. The van der Waals surface area contributed by atoms with Crippen molar-refractivity contribution >= 4 is 43.6 Å². The number of hydrogen-bond donors (Lipinski definition) is 0. The molecule has 0 bridgehead atoms. The first kappa shape index (κ1) is 33.8. The van der Waals surface area contributed by atoms with Gasteiger partial charge in [0.15, 0.2) is 5.82 Å². The van der Waals surface area contributed by atoms with Gasteiger partial charge in [-0.25, -0.2) is 9.97 Å². The molecule has 0 N–H and O–H groups in total. The van der Waals surface area contributed by atoms with E-state index in [1.165, 1.54) is 43.7 Å². The van der Waals surface area contributed by atoms with Crippen molar-refractivity contribution in [3.05, 3.63) is 205 Å². The van der Waals surface area contributed by atoms with Gasteiger partial charge < -0.3 is 9.13 Å². The number of fused-ring (bicyclic) bond motifs is 6. The van der Waals surface area contributed by atoms with E-state index in [-0.39, 0.29) is 0 Å². The molecule has 0 saturated carbocycles. The molecule has 58 heavy (non-hydrogen) atoms. The van der Waals surface area contributed by atoms with Gasteiger partial charge in [-0.15, -0.1) is 0 Å². The molecule has 0 aliphatic rings. The Hall–Kier alpha value is -7.56. The van der Waals surface area contributed by atoms with Crippen LogP contribution >= 0.6 is 0 Å². The van der Waals surface area contributed by atoms with Crippen LogP contribution in [0, 0.1) is 13.8 Å². The van der Waals surface area contributed by atoms with Gasteiger partial charge in [-0.05, 0) is 68.4 Å². The topological polar surface area (TPSA) is 35.6 Å². The molecule has 0 saturated heterocycles. The number of para-hydroxylation sites is 3. The molecule has 4 nitrogen and oxygen atoms in total. The largest absolute Gasteiger partial charge is 0.309 e. The number of hydrogen-bond acceptors (Lipinski definition) is 2. The van der Waals surface area contributed by atoms with Crippen LogP contribution in [0.3, 0.4) is 0 Å². The number of aromatic nitrogens is 4. The van der Waals surface area contributed by atoms with Gasteiger partial charge in [0.2, 0.25) is 0 Å². The highest BCUT2D eigenvalue weighted by molar-refractivity contribution is 6.11. The molecular weight excluding hydrogens is 705 g/mol. The van der Waals surface area contributed by atoms with Crippen LogP contribution in [0.2, 0.25) is 0 Å². The third kappa shape index (κ3) is 5.53. The van der Waals surface area contributed by atoms with E-state index >= 15 is 0 Å². The van der Waals surface area contributed by atoms with E-state index in [1.807, 2.05) is 24.3 Å². The molecule has 274 valence electrons. The van der Waals surface area contributed by atoms with Crippen molar-refractivity contribution in [1.82, 2.24) is 19.1 Å². The minimum atomic E-state index is 0.696. The number of rotatable bonds is 6. The second-order valence-electron chi connectivity index (χ2n) is 15.2. The first-order chi connectivity index (χ1) is 28.6. The minimum absolute atomic E-state index is 0.696. The predicted octanol–water partition coefficient (Wildman–Crippen LogP) is 14.0. The van der Waals surface area contributed by atoms with Gasteiger partial charge in [-0.3, -0.25) is 0 Å². The van der Waals surface area contributed by atoms with Gasteiger partial charge in [-0.2, -0.15) is 0 Å². The predicted molar refractivity (Wildman–Crippen MR) is 242 cm³/mol. The van der Waals surface area contributed by atoms with Gasteiger partial charge in [0.1, 0.15) is 0 Å². The number of aryl methyl sites for hydroxylation is 2. The van der Waals surface area contributed by atoms with E-state index < -0.39 is 0 Å². The quantitative estimate of drug-likeness (QED) is 0.170. The molecule has 11 rings (SSSR count). The summed E-state index contributed by atoms with van der Waals surface area (Å²) >= 11 is 0. The molecule has 0 aliphatic heterocycles. The molecule has 3 aromatic heterocycles. The first-order valence-corrected chi connectivity index (χ1v) is 19.8. The van der Waals surface area contributed by atoms with Crippen LogP contribution in [0.15, 0.2) is 194 Å². The summed E-state index contributed by atoms with van der Waals surface area (Å²) in [6, 6.07) is 69.6. The smallest absolute Gasteiger partial charge is 0.160 e. The average Bonchev–Trinajstić information content (AvgIpc) is 3.78. The summed E-state index contributed by atoms with van der Waals surface area (Å²) in [5.74, 6) is 0.696. The average molecular weight is 743 g/mol. The van der Waals surface area contributed by atoms with Gasteiger partial charge in [0, 0.05) is 49.4 Å². The lowest BCUT2D eigenvalue weighted by atomic mass is 9.97. The zero-order valence-corrected chi connectivity index (χ0v) is 32.3. The van der Waals surface area contributed by atoms with Crippen LogP contribution in [-0.2, 0) is 0 Å². The van der Waals surface area contributed by atoms with Crippen LogP contribution in [0.1, 0.15) is 11.1 Å². The highest BCUT2D eigenvalue weighted by atomic mass is 15.0. The van der Waals surface area contributed by atoms with Gasteiger partial charge >= 0.3 is 0 Å². The van der Waals surface area contributed by atoms with Crippen molar-refractivity contribution in [2.75, 3.05) is 0 Å². The minimum Gasteiger partial charge on any atom is -0.309 e. The van der Waals surface area contributed by atoms with Gasteiger partial charge in [0.25, 0.3) is 0 Å². The van der Waals surface area contributed by atoms with Crippen molar-refractivity contribution < 1.29 is 0 Å². The van der Waals surface area contributed by atoms with Crippen LogP contribution < -0.4 is 0 Å². The van der Waals surface area contributed by atoms with Crippen molar-refractivity contribution in [2.24, 2.45) is 0 Å². The Kier molecular flexibility index (Phi) is 7.90. The standard InChI is InChI=1S/C54H38N4/c1-35-25-29-51-44(31-35)41-20-10-13-23-49(41)57(51)48-22-12-9-19-40(48)43-28-27-39(33-53(43)58-50-24-14-11-21-42(50)45-32-36(2)26-30-52(45)58)47-34-46(37-15-5-3-6-16-37)55-54(56-47)38-17-7-4-8-18-38/h3-34H,1-2H3. The first-order valence-electron chi connectivity index (χ1n) is 19.8. The van der Waals surface area contributed by atoms with Crippen molar-refractivity contribution in [3.63, 3.8) is 0 Å². The van der Waals surface area contributed by atoms with E-state index in [0.29, 0.717) is 5.82 Å². The molecule has 4 heteroatoms. The lowest BCUT2D eigenvalue weighted by molar-refractivity contribution is 1.15. The maximum Gasteiger partial charge on any atom is 0.160 e. The lowest BCUT2D eigenvalue weighted by Crippen LogP contribution is -2.02. The third-order valence-corrected chi connectivity index (χ3v) is 11.5. The summed E-state index contributed by atoms with van der Waals surface area (Å²) in [7, 11) is 0. The Morgan fingerprint density at radius 3 is 1.45 bits per heavy atom. The Balaban J connectivity index is 1.22. The van der Waals surface area contributed by atoms with Crippen molar-refractivity contribution in [2.45, 2.75) is 13.8 Å². The lowest BCUT2D eigenvalue weighted by Gasteiger charge is -2.20. The van der Waals surface area contributed by atoms with Crippen molar-refractivity contribution in [3.8, 4) is 56.4 Å². The second kappa shape index (κ2) is 13.6. The molecule has 0 aliphatic carbocycles. The maximum atomic E-state index is 5.27. The molecule has 0 fully saturated rings. The Bertz CT molecular complexity index is 3300. The molecule has 0 atom stereocenters. The van der Waals surface area contributed by atoms with Gasteiger partial charge in [-0.1, -0.05) is 151 Å². The van der Waals surface area contributed by atoms with Crippen LogP contribution in [0.25, 0.3) is 100 Å². The zero-order chi connectivity index (χ0) is 38.7.